The Labute approximate surface area is 166 Å². The zero-order valence-corrected chi connectivity index (χ0v) is 17.1. The number of carbonyl (C=O) groups is 2. The van der Waals surface area contributed by atoms with E-state index in [0.29, 0.717) is 27.7 Å². The number of methoxy groups -OCH3 is 1. The lowest BCUT2D eigenvalue weighted by atomic mass is 10.1. The van der Waals surface area contributed by atoms with Crippen LogP contribution in [0.2, 0.25) is 0 Å². The zero-order valence-electron chi connectivity index (χ0n) is 16.3. The molecule has 1 N–H and O–H groups in total. The van der Waals surface area contributed by atoms with Crippen LogP contribution >= 0.6 is 11.8 Å². The van der Waals surface area contributed by atoms with E-state index in [1.807, 2.05) is 31.2 Å². The number of Topliss-reactive ketones (excluding diaryl/α,β-unsaturated/α-hetero) is 1. The molecule has 0 spiro atoms. The lowest BCUT2D eigenvalue weighted by Gasteiger charge is -2.11. The van der Waals surface area contributed by atoms with E-state index in [2.05, 4.69) is 20.5 Å². The van der Waals surface area contributed by atoms with Crippen LogP contribution in [0.1, 0.15) is 44.6 Å². The van der Waals surface area contributed by atoms with Gasteiger partial charge in [0.25, 0.3) is 0 Å². The number of H-pyrrole nitrogens is 1. The standard InChI is InChI=1S/C19H21N5O3S/c1-10-8-6-7-9-14(10)24-19(21-22-23-24)28-13(4)17(25)16-11(2)15(12(3)20-16)18(26)27-5/h6-9,13,20H,1-5H3/t13-/m0/s1. The minimum atomic E-state index is -0.464. The number of nitrogens with zero attached hydrogens (tertiary/aromatic N) is 4. The van der Waals surface area contributed by atoms with Crippen LogP contribution in [0.3, 0.4) is 0 Å². The van der Waals surface area contributed by atoms with Crippen LogP contribution in [0.4, 0.5) is 0 Å². The second kappa shape index (κ2) is 7.97. The second-order valence-corrected chi connectivity index (χ2v) is 7.71. The summed E-state index contributed by atoms with van der Waals surface area (Å²) in [6, 6.07) is 7.74. The van der Waals surface area contributed by atoms with Gasteiger partial charge in [0.2, 0.25) is 5.16 Å². The number of nitrogens with one attached hydrogen (secondary N) is 1. The summed E-state index contributed by atoms with van der Waals surface area (Å²) in [6.07, 6.45) is 0. The Bertz CT molecular complexity index is 1040. The van der Waals surface area contributed by atoms with E-state index in [-0.39, 0.29) is 5.78 Å². The van der Waals surface area contributed by atoms with E-state index in [1.165, 1.54) is 18.9 Å². The van der Waals surface area contributed by atoms with Crippen LogP contribution < -0.4 is 0 Å². The van der Waals surface area contributed by atoms with Crippen molar-refractivity contribution in [3.63, 3.8) is 0 Å². The Balaban J connectivity index is 1.87. The zero-order chi connectivity index (χ0) is 20.4. The van der Waals surface area contributed by atoms with Gasteiger partial charge >= 0.3 is 5.97 Å². The molecular formula is C19H21N5O3S. The predicted molar refractivity (Wildman–Crippen MR) is 105 cm³/mol. The van der Waals surface area contributed by atoms with Crippen molar-refractivity contribution in [2.75, 3.05) is 7.11 Å². The van der Waals surface area contributed by atoms with Crippen molar-refractivity contribution in [2.24, 2.45) is 0 Å². The second-order valence-electron chi connectivity index (χ2n) is 6.40. The molecule has 28 heavy (non-hydrogen) atoms. The molecule has 0 bridgehead atoms. The minimum absolute atomic E-state index is 0.139. The highest BCUT2D eigenvalue weighted by Gasteiger charge is 2.27. The summed E-state index contributed by atoms with van der Waals surface area (Å²) in [6.45, 7) is 7.24. The number of thioether (sulfide) groups is 1. The van der Waals surface area contributed by atoms with E-state index in [9.17, 15) is 9.59 Å². The Morgan fingerprint density at radius 2 is 1.93 bits per heavy atom. The van der Waals surface area contributed by atoms with Gasteiger partial charge in [0.05, 0.1) is 29.3 Å². The van der Waals surface area contributed by atoms with Gasteiger partial charge in [-0.05, 0) is 55.3 Å². The first-order valence-corrected chi connectivity index (χ1v) is 9.55. The highest BCUT2D eigenvalue weighted by atomic mass is 32.2. The fourth-order valence-corrected chi connectivity index (χ4v) is 3.88. The molecule has 0 fully saturated rings. The summed E-state index contributed by atoms with van der Waals surface area (Å²) in [5.41, 5.74) is 3.86. The molecule has 3 aromatic rings. The van der Waals surface area contributed by atoms with E-state index < -0.39 is 11.2 Å². The van der Waals surface area contributed by atoms with Crippen molar-refractivity contribution in [2.45, 2.75) is 38.1 Å². The molecule has 3 rings (SSSR count). The third-order valence-corrected chi connectivity index (χ3v) is 5.54. The van der Waals surface area contributed by atoms with E-state index >= 15 is 0 Å². The highest BCUT2D eigenvalue weighted by Crippen LogP contribution is 2.28. The maximum atomic E-state index is 13.0. The Hall–Kier alpha value is -2.94. The van der Waals surface area contributed by atoms with Gasteiger partial charge in [-0.15, -0.1) is 5.10 Å². The molecule has 9 heteroatoms. The molecule has 0 amide bonds. The van der Waals surface area contributed by atoms with Gasteiger partial charge in [0.1, 0.15) is 0 Å². The largest absolute Gasteiger partial charge is 0.465 e. The molecule has 0 aliphatic heterocycles. The number of para-hydroxylation sites is 1. The number of aryl methyl sites for hydroxylation is 2. The fraction of sp³-hybridized carbons (Fsp3) is 0.316. The first kappa shape index (κ1) is 19.8. The van der Waals surface area contributed by atoms with E-state index in [1.54, 1.807) is 25.5 Å². The molecular weight excluding hydrogens is 378 g/mol. The van der Waals surface area contributed by atoms with Crippen LogP contribution in [-0.2, 0) is 4.74 Å². The van der Waals surface area contributed by atoms with Crippen LogP contribution in [0.15, 0.2) is 29.4 Å². The van der Waals surface area contributed by atoms with Crippen LogP contribution in [0, 0.1) is 20.8 Å². The quantitative estimate of drug-likeness (QED) is 0.386. The molecule has 0 aliphatic carbocycles. The molecule has 1 atom stereocenters. The smallest absolute Gasteiger partial charge is 0.339 e. The number of ketones is 1. The number of hydrogen-bond acceptors (Lipinski definition) is 7. The summed E-state index contributed by atoms with van der Waals surface area (Å²) in [4.78, 5) is 28.0. The Kier molecular flexibility index (Phi) is 5.64. The third-order valence-electron chi connectivity index (χ3n) is 4.51. The molecule has 0 saturated heterocycles. The SMILES string of the molecule is COC(=O)c1c(C)[nH]c(C(=O)[C@H](C)Sc2nnnn2-c2ccccc2C)c1C. The van der Waals surface area contributed by atoms with Crippen molar-refractivity contribution >= 4 is 23.5 Å². The number of tetrazole rings is 1. The predicted octanol–water partition coefficient (Wildman–Crippen LogP) is 3.07. The summed E-state index contributed by atoms with van der Waals surface area (Å²) in [7, 11) is 1.32. The van der Waals surface area contributed by atoms with Crippen LogP contribution in [0.5, 0.6) is 0 Å². The maximum absolute atomic E-state index is 13.0. The van der Waals surface area contributed by atoms with Crippen molar-refractivity contribution in [3.05, 3.63) is 52.3 Å². The average Bonchev–Trinajstić information content (AvgIpc) is 3.24. The number of rotatable bonds is 6. The molecule has 146 valence electrons. The van der Waals surface area contributed by atoms with Crippen molar-refractivity contribution in [3.8, 4) is 5.69 Å². The monoisotopic (exact) mass is 399 g/mol. The van der Waals surface area contributed by atoms with Gasteiger partial charge in [-0.1, -0.05) is 30.0 Å². The van der Waals surface area contributed by atoms with Gasteiger partial charge in [0.15, 0.2) is 5.78 Å². The van der Waals surface area contributed by atoms with E-state index in [4.69, 9.17) is 4.74 Å². The molecule has 0 radical (unpaired) electrons. The van der Waals surface area contributed by atoms with Crippen LogP contribution in [-0.4, -0.2) is 49.3 Å². The number of aromatic nitrogens is 5. The molecule has 0 aliphatic rings. The molecule has 0 unspecified atom stereocenters. The first-order valence-electron chi connectivity index (χ1n) is 8.67. The highest BCUT2D eigenvalue weighted by molar-refractivity contribution is 8.00. The van der Waals surface area contributed by atoms with Crippen LogP contribution in [0.25, 0.3) is 5.69 Å². The number of hydrogen-bond donors (Lipinski definition) is 1. The van der Waals surface area contributed by atoms with E-state index in [0.717, 1.165) is 11.3 Å². The van der Waals surface area contributed by atoms with Gasteiger partial charge < -0.3 is 9.72 Å². The Morgan fingerprint density at radius 1 is 1.21 bits per heavy atom. The summed E-state index contributed by atoms with van der Waals surface area (Å²) in [5.74, 6) is -0.603. The lowest BCUT2D eigenvalue weighted by Crippen LogP contribution is -2.16. The number of ether oxygens (including phenoxy) is 1. The number of carbonyl (C=O) groups excluding carboxylic acids is 2. The molecule has 0 saturated carbocycles. The number of aromatic amines is 1. The average molecular weight is 399 g/mol. The van der Waals surface area contributed by atoms with Gasteiger partial charge in [0, 0.05) is 5.69 Å². The summed E-state index contributed by atoms with van der Waals surface area (Å²) in [5, 5.41) is 11.9. The van der Waals surface area contributed by atoms with Crippen molar-refractivity contribution in [1.29, 1.82) is 0 Å². The fourth-order valence-electron chi connectivity index (χ4n) is 3.02. The number of esters is 1. The van der Waals surface area contributed by atoms with Crippen molar-refractivity contribution in [1.82, 2.24) is 25.2 Å². The summed E-state index contributed by atoms with van der Waals surface area (Å²) < 4.78 is 6.43. The lowest BCUT2D eigenvalue weighted by molar-refractivity contribution is 0.0599. The summed E-state index contributed by atoms with van der Waals surface area (Å²) >= 11 is 1.26. The van der Waals surface area contributed by atoms with Crippen molar-refractivity contribution < 1.29 is 14.3 Å². The first-order chi connectivity index (χ1) is 13.3. The molecule has 2 heterocycles. The van der Waals surface area contributed by atoms with Gasteiger partial charge in [-0.3, -0.25) is 4.79 Å². The normalized spacial score (nSPS) is 12.0. The molecule has 8 nitrogen and oxygen atoms in total. The Morgan fingerprint density at radius 3 is 2.61 bits per heavy atom. The van der Waals surface area contributed by atoms with Gasteiger partial charge in [-0.25, -0.2) is 4.79 Å². The minimum Gasteiger partial charge on any atom is -0.465 e. The molecule has 1 aromatic carbocycles. The van der Waals surface area contributed by atoms with Gasteiger partial charge in [-0.2, -0.15) is 4.68 Å². The number of benzene rings is 1. The third kappa shape index (κ3) is 3.57. The topological polar surface area (TPSA) is 103 Å². The molecule has 2 aromatic heterocycles. The maximum Gasteiger partial charge on any atom is 0.339 e.